The highest BCUT2D eigenvalue weighted by Crippen LogP contribution is 2.38. The molecule has 4 aromatic rings. The van der Waals surface area contributed by atoms with E-state index in [4.69, 9.17) is 33.7 Å². The molecule has 1 N–H and O–H groups in total. The van der Waals surface area contributed by atoms with Crippen LogP contribution in [0.5, 0.6) is 23.0 Å². The van der Waals surface area contributed by atoms with E-state index < -0.39 is 0 Å². The molecule has 1 aromatic heterocycles. The minimum atomic E-state index is -0.211. The van der Waals surface area contributed by atoms with Gasteiger partial charge >= 0.3 is 0 Å². The van der Waals surface area contributed by atoms with Gasteiger partial charge in [-0.05, 0) is 54.6 Å². The van der Waals surface area contributed by atoms with Crippen molar-refractivity contribution in [2.75, 3.05) is 48.7 Å². The Kier molecular flexibility index (Phi) is 8.05. The molecule has 0 fully saturated rings. The Bertz CT molecular complexity index is 1420. The first-order chi connectivity index (χ1) is 18.0. The van der Waals surface area contributed by atoms with E-state index in [0.717, 1.165) is 11.1 Å². The van der Waals surface area contributed by atoms with Crippen molar-refractivity contribution >= 4 is 16.9 Å². The van der Waals surface area contributed by atoms with E-state index in [1.54, 1.807) is 53.7 Å². The van der Waals surface area contributed by atoms with Crippen LogP contribution in [0.2, 0.25) is 0 Å². The maximum atomic E-state index is 12.6. The van der Waals surface area contributed by atoms with Gasteiger partial charge in [-0.25, -0.2) is 9.97 Å². The molecular formula is C28H29N3O6. The lowest BCUT2D eigenvalue weighted by atomic mass is 10.0. The van der Waals surface area contributed by atoms with E-state index in [1.165, 1.54) is 0 Å². The molecule has 0 aliphatic heterocycles. The van der Waals surface area contributed by atoms with Gasteiger partial charge < -0.3 is 29.0 Å². The average molecular weight is 504 g/mol. The van der Waals surface area contributed by atoms with Gasteiger partial charge in [-0.1, -0.05) is 0 Å². The summed E-state index contributed by atoms with van der Waals surface area (Å²) in [5, 5.41) is 2.83. The highest BCUT2D eigenvalue weighted by Gasteiger charge is 2.18. The summed E-state index contributed by atoms with van der Waals surface area (Å²) < 4.78 is 26.9. The van der Waals surface area contributed by atoms with Gasteiger partial charge in [0.15, 0.2) is 23.0 Å². The quantitative estimate of drug-likeness (QED) is 0.318. The Hall–Kier alpha value is -4.37. The number of amides is 1. The fourth-order valence-corrected chi connectivity index (χ4v) is 3.93. The fourth-order valence-electron chi connectivity index (χ4n) is 3.93. The van der Waals surface area contributed by atoms with Gasteiger partial charge in [-0.3, -0.25) is 4.79 Å². The van der Waals surface area contributed by atoms with Gasteiger partial charge in [0.25, 0.3) is 5.91 Å². The molecule has 9 nitrogen and oxygen atoms in total. The Labute approximate surface area is 215 Å². The standard InChI is InChI=1S/C28H29N3O6/c1-33-13-12-29-28(32)19-6-9-20-21(14-19)31-27(18-8-11-23(35-3)25(16-18)37-5)26(30-20)17-7-10-22(34-2)24(15-17)36-4/h6-11,14-16H,12-13H2,1-5H3,(H,29,32). The van der Waals surface area contributed by atoms with Crippen LogP contribution in [-0.4, -0.2) is 64.6 Å². The fraction of sp³-hybridized carbons (Fsp3) is 0.250. The molecule has 0 aliphatic carbocycles. The number of methoxy groups -OCH3 is 5. The molecule has 0 bridgehead atoms. The lowest BCUT2D eigenvalue weighted by molar-refractivity contribution is 0.0937. The molecule has 0 aliphatic rings. The van der Waals surface area contributed by atoms with E-state index >= 15 is 0 Å². The summed E-state index contributed by atoms with van der Waals surface area (Å²) in [7, 11) is 7.93. The molecule has 0 atom stereocenters. The third kappa shape index (κ3) is 5.41. The molecule has 0 radical (unpaired) electrons. The van der Waals surface area contributed by atoms with Gasteiger partial charge in [0.1, 0.15) is 0 Å². The zero-order valence-corrected chi connectivity index (χ0v) is 21.5. The SMILES string of the molecule is COCCNC(=O)c1ccc2nc(-c3ccc(OC)c(OC)c3)c(-c3ccc(OC)c(OC)c3)nc2c1. The summed E-state index contributed by atoms with van der Waals surface area (Å²) in [5.74, 6) is 2.13. The zero-order chi connectivity index (χ0) is 26.4. The lowest BCUT2D eigenvalue weighted by Crippen LogP contribution is -2.26. The summed E-state index contributed by atoms with van der Waals surface area (Å²) in [6.07, 6.45) is 0. The molecule has 1 heterocycles. The largest absolute Gasteiger partial charge is 0.493 e. The van der Waals surface area contributed by atoms with Crippen LogP contribution in [0.1, 0.15) is 10.4 Å². The van der Waals surface area contributed by atoms with Crippen molar-refractivity contribution in [2.45, 2.75) is 0 Å². The van der Waals surface area contributed by atoms with Crippen molar-refractivity contribution in [3.8, 4) is 45.5 Å². The molecule has 1 amide bonds. The van der Waals surface area contributed by atoms with Crippen molar-refractivity contribution in [3.05, 3.63) is 60.2 Å². The van der Waals surface area contributed by atoms with Gasteiger partial charge in [0.05, 0.1) is 57.5 Å². The number of aromatic nitrogens is 2. The molecule has 4 rings (SSSR count). The summed E-state index contributed by atoms with van der Waals surface area (Å²) >= 11 is 0. The Morgan fingerprint density at radius 2 is 1.22 bits per heavy atom. The minimum Gasteiger partial charge on any atom is -0.493 e. The van der Waals surface area contributed by atoms with Gasteiger partial charge in [0, 0.05) is 30.3 Å². The van der Waals surface area contributed by atoms with Crippen molar-refractivity contribution in [1.29, 1.82) is 0 Å². The van der Waals surface area contributed by atoms with Crippen LogP contribution in [0.15, 0.2) is 54.6 Å². The van der Waals surface area contributed by atoms with E-state index in [2.05, 4.69) is 5.32 Å². The Morgan fingerprint density at radius 1 is 0.676 bits per heavy atom. The highest BCUT2D eigenvalue weighted by atomic mass is 16.5. The van der Waals surface area contributed by atoms with E-state index in [-0.39, 0.29) is 5.91 Å². The molecule has 0 spiro atoms. The van der Waals surface area contributed by atoms with Gasteiger partial charge in [-0.2, -0.15) is 0 Å². The maximum Gasteiger partial charge on any atom is 0.251 e. The van der Waals surface area contributed by atoms with Crippen molar-refractivity contribution in [1.82, 2.24) is 15.3 Å². The maximum absolute atomic E-state index is 12.6. The van der Waals surface area contributed by atoms with Crippen LogP contribution in [0.3, 0.4) is 0 Å². The Balaban J connectivity index is 1.90. The summed E-state index contributed by atoms with van der Waals surface area (Å²) in [5.41, 5.74) is 4.51. The number of hydrogen-bond donors (Lipinski definition) is 1. The second kappa shape index (κ2) is 11.6. The average Bonchev–Trinajstić information content (AvgIpc) is 2.95. The number of nitrogens with zero attached hydrogens (tertiary/aromatic N) is 2. The number of hydrogen-bond acceptors (Lipinski definition) is 8. The first-order valence-corrected chi connectivity index (χ1v) is 11.6. The third-order valence-corrected chi connectivity index (χ3v) is 5.83. The number of carbonyl (C=O) groups is 1. The number of ether oxygens (including phenoxy) is 5. The van der Waals surface area contributed by atoms with Crippen molar-refractivity contribution in [2.24, 2.45) is 0 Å². The van der Waals surface area contributed by atoms with Crippen LogP contribution in [-0.2, 0) is 4.74 Å². The third-order valence-electron chi connectivity index (χ3n) is 5.83. The molecular weight excluding hydrogens is 474 g/mol. The molecule has 0 saturated heterocycles. The van der Waals surface area contributed by atoms with Gasteiger partial charge in [0.2, 0.25) is 0 Å². The highest BCUT2D eigenvalue weighted by molar-refractivity contribution is 5.98. The second-order valence-electron chi connectivity index (χ2n) is 8.01. The number of benzene rings is 3. The molecule has 3 aromatic carbocycles. The second-order valence-corrected chi connectivity index (χ2v) is 8.01. The molecule has 9 heteroatoms. The normalized spacial score (nSPS) is 10.7. The van der Waals surface area contributed by atoms with Crippen LogP contribution >= 0.6 is 0 Å². The summed E-state index contributed by atoms with van der Waals surface area (Å²) in [4.78, 5) is 22.5. The molecule has 0 unspecified atom stereocenters. The van der Waals surface area contributed by atoms with Gasteiger partial charge in [-0.15, -0.1) is 0 Å². The number of carbonyl (C=O) groups excluding carboxylic acids is 1. The molecule has 0 saturated carbocycles. The number of rotatable bonds is 10. The van der Waals surface area contributed by atoms with E-state index in [9.17, 15) is 4.79 Å². The first kappa shape index (κ1) is 25.7. The minimum absolute atomic E-state index is 0.211. The van der Waals surface area contributed by atoms with Crippen LogP contribution < -0.4 is 24.3 Å². The van der Waals surface area contributed by atoms with Crippen LogP contribution in [0, 0.1) is 0 Å². The van der Waals surface area contributed by atoms with Crippen LogP contribution in [0.25, 0.3) is 33.5 Å². The lowest BCUT2D eigenvalue weighted by Gasteiger charge is -2.15. The van der Waals surface area contributed by atoms with E-state index in [0.29, 0.717) is 64.1 Å². The predicted molar refractivity (Wildman–Crippen MR) is 141 cm³/mol. The zero-order valence-electron chi connectivity index (χ0n) is 21.5. The van der Waals surface area contributed by atoms with Crippen LogP contribution in [0.4, 0.5) is 0 Å². The number of nitrogens with one attached hydrogen (secondary N) is 1. The Morgan fingerprint density at radius 3 is 1.73 bits per heavy atom. The topological polar surface area (TPSA) is 101 Å². The predicted octanol–water partition coefficient (Wildman–Crippen LogP) is 4.37. The monoisotopic (exact) mass is 503 g/mol. The van der Waals surface area contributed by atoms with Crippen molar-refractivity contribution < 1.29 is 28.5 Å². The summed E-state index contributed by atoms with van der Waals surface area (Å²) in [6, 6.07) is 16.4. The van der Waals surface area contributed by atoms with E-state index in [1.807, 2.05) is 36.4 Å². The first-order valence-electron chi connectivity index (χ1n) is 11.6. The van der Waals surface area contributed by atoms with Crippen molar-refractivity contribution in [3.63, 3.8) is 0 Å². The molecule has 192 valence electrons. The number of fused-ring (bicyclic) bond motifs is 1. The smallest absolute Gasteiger partial charge is 0.251 e. The summed E-state index contributed by atoms with van der Waals surface area (Å²) in [6.45, 7) is 0.839. The molecule has 37 heavy (non-hydrogen) atoms.